The number of hydrogen-bond donors (Lipinski definition) is 1. The molecule has 94 valence electrons. The number of piperidine rings is 1. The summed E-state index contributed by atoms with van der Waals surface area (Å²) >= 11 is 0. The van der Waals surface area contributed by atoms with E-state index in [1.165, 1.54) is 45.6 Å². The van der Waals surface area contributed by atoms with E-state index < -0.39 is 0 Å². The molecule has 0 saturated carbocycles. The van der Waals surface area contributed by atoms with Crippen LogP contribution in [0, 0.1) is 11.8 Å². The minimum atomic E-state index is 0.714. The predicted molar refractivity (Wildman–Crippen MR) is 68.7 cm³/mol. The third-order valence-corrected chi connectivity index (χ3v) is 4.41. The average molecular weight is 225 g/mol. The van der Waals surface area contributed by atoms with Gasteiger partial charge < -0.3 is 15.1 Å². The molecule has 3 heteroatoms. The predicted octanol–water partition coefficient (Wildman–Crippen LogP) is 0.868. The third-order valence-electron chi connectivity index (χ3n) is 4.41. The molecule has 0 spiro atoms. The lowest BCUT2D eigenvalue weighted by molar-refractivity contribution is 0.173. The van der Waals surface area contributed by atoms with Crippen molar-refractivity contribution in [3.05, 3.63) is 0 Å². The topological polar surface area (TPSA) is 18.5 Å². The van der Waals surface area contributed by atoms with Gasteiger partial charge in [0.25, 0.3) is 0 Å². The zero-order valence-electron chi connectivity index (χ0n) is 11.1. The van der Waals surface area contributed by atoms with E-state index in [0.29, 0.717) is 6.04 Å². The highest BCUT2D eigenvalue weighted by Crippen LogP contribution is 2.22. The van der Waals surface area contributed by atoms with Crippen molar-refractivity contribution in [2.75, 3.05) is 46.8 Å². The van der Waals surface area contributed by atoms with Gasteiger partial charge in [0.1, 0.15) is 0 Å². The monoisotopic (exact) mass is 225 g/mol. The van der Waals surface area contributed by atoms with Crippen molar-refractivity contribution < 1.29 is 0 Å². The Morgan fingerprint density at radius 3 is 2.44 bits per heavy atom. The second kappa shape index (κ2) is 5.48. The highest BCUT2D eigenvalue weighted by Gasteiger charge is 2.30. The molecular weight excluding hydrogens is 198 g/mol. The van der Waals surface area contributed by atoms with Gasteiger partial charge in [0.2, 0.25) is 0 Å². The quantitative estimate of drug-likeness (QED) is 0.769. The van der Waals surface area contributed by atoms with E-state index in [2.05, 4.69) is 36.1 Å². The smallest absolute Gasteiger partial charge is 0.0229 e. The maximum atomic E-state index is 3.44. The average Bonchev–Trinajstić information content (AvgIpc) is 2.62. The zero-order valence-corrected chi connectivity index (χ0v) is 11.1. The summed E-state index contributed by atoms with van der Waals surface area (Å²) in [6, 6.07) is 0.714. The van der Waals surface area contributed by atoms with Crippen LogP contribution in [0.25, 0.3) is 0 Å². The van der Waals surface area contributed by atoms with E-state index >= 15 is 0 Å². The molecule has 0 radical (unpaired) electrons. The van der Waals surface area contributed by atoms with Crippen LogP contribution in [0.4, 0.5) is 0 Å². The Kier molecular flexibility index (Phi) is 4.22. The number of likely N-dealkylation sites (tertiary alicyclic amines) is 2. The van der Waals surface area contributed by atoms with E-state index in [1.54, 1.807) is 0 Å². The van der Waals surface area contributed by atoms with Gasteiger partial charge in [-0.1, -0.05) is 6.92 Å². The van der Waals surface area contributed by atoms with Crippen LogP contribution in [0.15, 0.2) is 0 Å². The molecule has 2 saturated heterocycles. The van der Waals surface area contributed by atoms with Crippen molar-refractivity contribution in [2.24, 2.45) is 11.8 Å². The molecule has 3 nitrogen and oxygen atoms in total. The fraction of sp³-hybridized carbons (Fsp3) is 1.00. The van der Waals surface area contributed by atoms with E-state index in [-0.39, 0.29) is 0 Å². The molecule has 0 bridgehead atoms. The van der Waals surface area contributed by atoms with Gasteiger partial charge in [-0.25, -0.2) is 0 Å². The molecule has 2 unspecified atom stereocenters. The summed E-state index contributed by atoms with van der Waals surface area (Å²) < 4.78 is 0. The lowest BCUT2D eigenvalue weighted by Gasteiger charge is -2.31. The summed E-state index contributed by atoms with van der Waals surface area (Å²) in [7, 11) is 4.34. The molecule has 0 aromatic rings. The lowest BCUT2D eigenvalue weighted by atomic mass is 9.97. The lowest BCUT2D eigenvalue weighted by Crippen LogP contribution is -2.37. The number of likely N-dealkylation sites (N-methyl/N-ethyl adjacent to an activating group) is 1. The molecule has 0 aromatic heterocycles. The molecule has 2 rings (SSSR count). The first-order valence-corrected chi connectivity index (χ1v) is 6.77. The maximum Gasteiger partial charge on any atom is 0.0229 e. The Labute approximate surface area is 100 Å². The first-order chi connectivity index (χ1) is 7.69. The molecule has 2 aliphatic rings. The summed E-state index contributed by atoms with van der Waals surface area (Å²) in [6.07, 6.45) is 2.79. The highest BCUT2D eigenvalue weighted by atomic mass is 15.2. The van der Waals surface area contributed by atoms with Crippen molar-refractivity contribution >= 4 is 0 Å². The Morgan fingerprint density at radius 2 is 1.88 bits per heavy atom. The normalized spacial score (nSPS) is 34.7. The Hall–Kier alpha value is -0.120. The highest BCUT2D eigenvalue weighted by molar-refractivity contribution is 4.87. The van der Waals surface area contributed by atoms with Gasteiger partial charge in [-0.05, 0) is 51.9 Å². The van der Waals surface area contributed by atoms with Crippen molar-refractivity contribution in [1.82, 2.24) is 15.1 Å². The van der Waals surface area contributed by atoms with E-state index in [9.17, 15) is 0 Å². The maximum absolute atomic E-state index is 3.44. The number of nitrogens with one attached hydrogen (secondary N) is 1. The molecule has 0 aromatic carbocycles. The Balaban J connectivity index is 1.74. The van der Waals surface area contributed by atoms with E-state index in [4.69, 9.17) is 0 Å². The second-order valence-corrected chi connectivity index (χ2v) is 5.84. The van der Waals surface area contributed by atoms with Gasteiger partial charge in [0.05, 0.1) is 0 Å². The molecular formula is C13H27N3. The molecule has 16 heavy (non-hydrogen) atoms. The fourth-order valence-electron chi connectivity index (χ4n) is 3.20. The molecule has 0 aliphatic carbocycles. The fourth-order valence-corrected chi connectivity index (χ4v) is 3.20. The van der Waals surface area contributed by atoms with Gasteiger partial charge in [-0.2, -0.15) is 0 Å². The third kappa shape index (κ3) is 2.96. The van der Waals surface area contributed by atoms with Gasteiger partial charge in [0, 0.05) is 25.7 Å². The largest absolute Gasteiger partial charge is 0.315 e. The second-order valence-electron chi connectivity index (χ2n) is 5.84. The van der Waals surface area contributed by atoms with Crippen LogP contribution in [0.1, 0.15) is 19.8 Å². The van der Waals surface area contributed by atoms with Gasteiger partial charge >= 0.3 is 0 Å². The zero-order chi connectivity index (χ0) is 11.5. The van der Waals surface area contributed by atoms with Gasteiger partial charge in [-0.15, -0.1) is 0 Å². The summed E-state index contributed by atoms with van der Waals surface area (Å²) in [5, 5.41) is 3.44. The first kappa shape index (κ1) is 12.3. The minimum Gasteiger partial charge on any atom is -0.315 e. The molecule has 2 atom stereocenters. The van der Waals surface area contributed by atoms with Gasteiger partial charge in [0.15, 0.2) is 0 Å². The summed E-state index contributed by atoms with van der Waals surface area (Å²) in [6.45, 7) is 8.83. The number of rotatable bonds is 3. The van der Waals surface area contributed by atoms with Crippen LogP contribution in [-0.2, 0) is 0 Å². The SMILES string of the molecule is CNC1CN(CC2CCN(C)CC2)CC1C. The molecule has 0 amide bonds. The minimum absolute atomic E-state index is 0.714. The Bertz CT molecular complexity index is 211. The van der Waals surface area contributed by atoms with E-state index in [1.807, 2.05) is 0 Å². The van der Waals surface area contributed by atoms with Crippen molar-refractivity contribution in [1.29, 1.82) is 0 Å². The van der Waals surface area contributed by atoms with Crippen molar-refractivity contribution in [3.8, 4) is 0 Å². The standard InChI is InChI=1S/C13H27N3/c1-11-8-16(10-13(11)14-2)9-12-4-6-15(3)7-5-12/h11-14H,4-10H2,1-3H3. The summed E-state index contributed by atoms with van der Waals surface area (Å²) in [5.74, 6) is 1.76. The summed E-state index contributed by atoms with van der Waals surface area (Å²) in [4.78, 5) is 5.13. The van der Waals surface area contributed by atoms with Crippen LogP contribution in [0.5, 0.6) is 0 Å². The number of nitrogens with zero attached hydrogens (tertiary/aromatic N) is 2. The Morgan fingerprint density at radius 1 is 1.19 bits per heavy atom. The van der Waals surface area contributed by atoms with Crippen LogP contribution < -0.4 is 5.32 Å². The molecule has 2 heterocycles. The van der Waals surface area contributed by atoms with Crippen molar-refractivity contribution in [2.45, 2.75) is 25.8 Å². The summed E-state index contributed by atoms with van der Waals surface area (Å²) in [5.41, 5.74) is 0. The molecule has 1 N–H and O–H groups in total. The molecule has 2 fully saturated rings. The van der Waals surface area contributed by atoms with Crippen molar-refractivity contribution in [3.63, 3.8) is 0 Å². The molecule has 2 aliphatic heterocycles. The van der Waals surface area contributed by atoms with Gasteiger partial charge in [-0.3, -0.25) is 0 Å². The van der Waals surface area contributed by atoms with E-state index in [0.717, 1.165) is 11.8 Å². The van der Waals surface area contributed by atoms with Crippen LogP contribution >= 0.6 is 0 Å². The first-order valence-electron chi connectivity index (χ1n) is 6.77. The van der Waals surface area contributed by atoms with Crippen LogP contribution in [0.3, 0.4) is 0 Å². The number of hydrogen-bond acceptors (Lipinski definition) is 3. The van der Waals surface area contributed by atoms with Crippen LogP contribution in [0.2, 0.25) is 0 Å². The van der Waals surface area contributed by atoms with Crippen LogP contribution in [-0.4, -0.2) is 62.7 Å².